The van der Waals surface area contributed by atoms with Gasteiger partial charge in [0.2, 0.25) is 0 Å². The third-order valence-electron chi connectivity index (χ3n) is 9.99. The van der Waals surface area contributed by atoms with Crippen LogP contribution in [-0.2, 0) is 0 Å². The number of rotatable bonds is 4. The monoisotopic (exact) mass is 666 g/mol. The van der Waals surface area contributed by atoms with Gasteiger partial charge in [0.1, 0.15) is 22.3 Å². The van der Waals surface area contributed by atoms with Crippen molar-refractivity contribution in [3.05, 3.63) is 158 Å². The van der Waals surface area contributed by atoms with Gasteiger partial charge >= 0.3 is 0 Å². The zero-order chi connectivity index (χ0) is 34.2. The predicted octanol–water partition coefficient (Wildman–Crippen LogP) is 12.0. The van der Waals surface area contributed by atoms with Crippen molar-refractivity contribution in [3.63, 3.8) is 0 Å². The average molecular weight is 667 g/mol. The standard InChI is InChI=1S/C46H26N4O2/c1-2-10-28(11-3-1)44-48-45(35-14-8-16-39-41(35)34-13-6-7-15-38(34)51-39)50-46(49-44)36-20-19-33(31-18-17-27-9-4-5-12-29(27)23-31)43-42(36)37-24-32-26-47-22-21-30(32)25-40(37)52-43/h1-26H. The van der Waals surface area contributed by atoms with Crippen LogP contribution in [0.5, 0.6) is 0 Å². The molecule has 242 valence electrons. The summed E-state index contributed by atoms with van der Waals surface area (Å²) in [5.74, 6) is 1.70. The molecule has 0 unspecified atom stereocenters. The number of para-hydroxylation sites is 1. The van der Waals surface area contributed by atoms with Gasteiger partial charge in [0.05, 0.1) is 0 Å². The molecular formula is C46H26N4O2. The van der Waals surface area contributed by atoms with Gasteiger partial charge < -0.3 is 8.83 Å². The number of benzene rings is 7. The fourth-order valence-electron chi connectivity index (χ4n) is 7.53. The van der Waals surface area contributed by atoms with Crippen molar-refractivity contribution in [3.8, 4) is 45.3 Å². The van der Waals surface area contributed by atoms with Crippen LogP contribution in [-0.4, -0.2) is 19.9 Å². The van der Waals surface area contributed by atoms with Crippen molar-refractivity contribution in [1.29, 1.82) is 0 Å². The second kappa shape index (κ2) is 11.2. The van der Waals surface area contributed by atoms with E-state index in [4.69, 9.17) is 23.8 Å². The molecule has 0 bridgehead atoms. The van der Waals surface area contributed by atoms with Crippen molar-refractivity contribution in [2.24, 2.45) is 0 Å². The van der Waals surface area contributed by atoms with E-state index < -0.39 is 0 Å². The van der Waals surface area contributed by atoms with Crippen molar-refractivity contribution in [2.75, 3.05) is 0 Å². The lowest BCUT2D eigenvalue weighted by atomic mass is 9.96. The van der Waals surface area contributed by atoms with Crippen LogP contribution in [0.15, 0.2) is 167 Å². The van der Waals surface area contributed by atoms with E-state index in [-0.39, 0.29) is 0 Å². The maximum atomic E-state index is 6.84. The summed E-state index contributed by atoms with van der Waals surface area (Å²) in [6.07, 6.45) is 3.70. The Morgan fingerprint density at radius 1 is 0.385 bits per heavy atom. The van der Waals surface area contributed by atoms with Crippen molar-refractivity contribution in [1.82, 2.24) is 19.9 Å². The van der Waals surface area contributed by atoms with E-state index in [1.807, 2.05) is 79.1 Å². The molecule has 0 saturated carbocycles. The predicted molar refractivity (Wildman–Crippen MR) is 209 cm³/mol. The molecule has 6 nitrogen and oxygen atoms in total. The van der Waals surface area contributed by atoms with E-state index in [1.165, 1.54) is 10.8 Å². The molecule has 0 amide bonds. The molecule has 52 heavy (non-hydrogen) atoms. The number of hydrogen-bond acceptors (Lipinski definition) is 6. The number of aromatic nitrogens is 4. The molecule has 11 rings (SSSR count). The molecule has 0 aliphatic heterocycles. The van der Waals surface area contributed by atoms with Gasteiger partial charge in [-0.05, 0) is 70.3 Å². The Bertz CT molecular complexity index is 3200. The second-order valence-electron chi connectivity index (χ2n) is 13.0. The van der Waals surface area contributed by atoms with E-state index in [1.54, 1.807) is 0 Å². The Labute approximate surface area is 296 Å². The van der Waals surface area contributed by atoms with Crippen molar-refractivity contribution in [2.45, 2.75) is 0 Å². The normalized spacial score (nSPS) is 11.8. The molecule has 6 heteroatoms. The Kier molecular flexibility index (Phi) is 6.15. The minimum absolute atomic E-state index is 0.553. The lowest BCUT2D eigenvalue weighted by molar-refractivity contribution is 0.669. The van der Waals surface area contributed by atoms with Crippen LogP contribution in [0.25, 0.3) is 111 Å². The van der Waals surface area contributed by atoms with Gasteiger partial charge in [-0.3, -0.25) is 4.98 Å². The van der Waals surface area contributed by atoms with Gasteiger partial charge in [-0.2, -0.15) is 0 Å². The van der Waals surface area contributed by atoms with Gasteiger partial charge in [-0.15, -0.1) is 0 Å². The minimum atomic E-state index is 0.553. The molecule has 0 spiro atoms. The molecule has 0 N–H and O–H groups in total. The fourth-order valence-corrected chi connectivity index (χ4v) is 7.53. The lowest BCUT2D eigenvalue weighted by Crippen LogP contribution is -2.01. The van der Waals surface area contributed by atoms with Crippen molar-refractivity contribution < 1.29 is 8.83 Å². The largest absolute Gasteiger partial charge is 0.456 e. The minimum Gasteiger partial charge on any atom is -0.456 e. The molecule has 4 aromatic heterocycles. The first-order valence-electron chi connectivity index (χ1n) is 17.2. The van der Waals surface area contributed by atoms with E-state index in [9.17, 15) is 0 Å². The molecule has 0 radical (unpaired) electrons. The Hall–Kier alpha value is -7.18. The first-order valence-corrected chi connectivity index (χ1v) is 17.2. The highest BCUT2D eigenvalue weighted by Crippen LogP contribution is 2.43. The molecule has 0 atom stereocenters. The van der Waals surface area contributed by atoms with E-state index >= 15 is 0 Å². The van der Waals surface area contributed by atoms with E-state index in [2.05, 4.69) is 83.8 Å². The van der Waals surface area contributed by atoms with Gasteiger partial charge in [-0.1, -0.05) is 97.1 Å². The van der Waals surface area contributed by atoms with E-state index in [0.29, 0.717) is 17.5 Å². The second-order valence-corrected chi connectivity index (χ2v) is 13.0. The first kappa shape index (κ1) is 28.6. The topological polar surface area (TPSA) is 77.8 Å². The molecule has 0 aliphatic carbocycles. The van der Waals surface area contributed by atoms with Crippen molar-refractivity contribution >= 4 is 65.4 Å². The first-order chi connectivity index (χ1) is 25.7. The molecular weight excluding hydrogens is 641 g/mol. The summed E-state index contributed by atoms with van der Waals surface area (Å²) < 4.78 is 13.1. The number of fused-ring (bicyclic) bond motifs is 8. The van der Waals surface area contributed by atoms with Gasteiger partial charge in [0.25, 0.3) is 0 Å². The lowest BCUT2D eigenvalue weighted by Gasteiger charge is -2.11. The van der Waals surface area contributed by atoms with Gasteiger partial charge in [-0.25, -0.2) is 15.0 Å². The molecule has 0 aliphatic rings. The molecule has 11 aromatic rings. The average Bonchev–Trinajstić information content (AvgIpc) is 3.78. The summed E-state index contributed by atoms with van der Waals surface area (Å²) in [4.78, 5) is 20.0. The Morgan fingerprint density at radius 3 is 2.02 bits per heavy atom. The highest BCUT2D eigenvalue weighted by Gasteiger charge is 2.22. The third-order valence-corrected chi connectivity index (χ3v) is 9.99. The van der Waals surface area contributed by atoms with Crippen LogP contribution in [0.4, 0.5) is 0 Å². The highest BCUT2D eigenvalue weighted by molar-refractivity contribution is 6.18. The van der Waals surface area contributed by atoms with Gasteiger partial charge in [0, 0.05) is 61.6 Å². The third kappa shape index (κ3) is 4.44. The quantitative estimate of drug-likeness (QED) is 0.186. The molecule has 0 fully saturated rings. The summed E-state index contributed by atoms with van der Waals surface area (Å²) >= 11 is 0. The summed E-state index contributed by atoms with van der Waals surface area (Å²) in [6, 6.07) is 49.7. The summed E-state index contributed by atoms with van der Waals surface area (Å²) in [6.45, 7) is 0. The maximum Gasteiger partial charge on any atom is 0.164 e. The number of hydrogen-bond donors (Lipinski definition) is 0. The van der Waals surface area contributed by atoms with Crippen LogP contribution >= 0.6 is 0 Å². The van der Waals surface area contributed by atoms with Crippen LogP contribution in [0.2, 0.25) is 0 Å². The van der Waals surface area contributed by atoms with Crippen LogP contribution in [0.3, 0.4) is 0 Å². The molecule has 4 heterocycles. The zero-order valence-corrected chi connectivity index (χ0v) is 27.6. The zero-order valence-electron chi connectivity index (χ0n) is 27.6. The molecule has 7 aromatic carbocycles. The molecule has 0 saturated heterocycles. The van der Waals surface area contributed by atoms with Crippen LogP contribution < -0.4 is 0 Å². The number of nitrogens with zero attached hydrogens (tertiary/aromatic N) is 4. The fraction of sp³-hybridized carbons (Fsp3) is 0. The smallest absolute Gasteiger partial charge is 0.164 e. The Balaban J connectivity index is 1.22. The SMILES string of the molecule is c1ccc(-c2nc(-c3cccc4oc5ccccc5c34)nc(-c3ccc(-c4ccc5ccccc5c4)c4oc5cc6ccncc6cc5c34)n2)cc1. The van der Waals surface area contributed by atoms with E-state index in [0.717, 1.165) is 82.5 Å². The Morgan fingerprint density at radius 2 is 1.12 bits per heavy atom. The number of pyridine rings is 1. The van der Waals surface area contributed by atoms with Gasteiger partial charge in [0.15, 0.2) is 17.5 Å². The van der Waals surface area contributed by atoms with Crippen LogP contribution in [0, 0.1) is 0 Å². The van der Waals surface area contributed by atoms with Crippen LogP contribution in [0.1, 0.15) is 0 Å². The summed E-state index contributed by atoms with van der Waals surface area (Å²) in [5, 5.41) is 8.34. The highest BCUT2D eigenvalue weighted by atomic mass is 16.3. The maximum absolute atomic E-state index is 6.84. The number of furan rings is 2. The summed E-state index contributed by atoms with van der Waals surface area (Å²) in [5.41, 5.74) is 7.86. The summed E-state index contributed by atoms with van der Waals surface area (Å²) in [7, 11) is 0.